The number of carbonyl (C=O) groups is 1. The van der Waals surface area contributed by atoms with Gasteiger partial charge in [0.15, 0.2) is 5.78 Å². The van der Waals surface area contributed by atoms with Crippen LogP contribution in [0, 0.1) is 5.82 Å². The summed E-state index contributed by atoms with van der Waals surface area (Å²) in [5.74, 6) is -0.218. The lowest BCUT2D eigenvalue weighted by molar-refractivity contribution is -0.120. The molecule has 1 saturated heterocycles. The summed E-state index contributed by atoms with van der Waals surface area (Å²) in [4.78, 5) is 12.1. The second kappa shape index (κ2) is 6.43. The minimum atomic E-state index is -0.314. The average Bonchev–Trinajstić information content (AvgIpc) is 2.61. The lowest BCUT2D eigenvalue weighted by Crippen LogP contribution is -2.37. The highest BCUT2D eigenvalue weighted by Gasteiger charge is 2.20. The molecule has 1 N–H and O–H groups in total. The fourth-order valence-electron chi connectivity index (χ4n) is 2.28. The fourth-order valence-corrected chi connectivity index (χ4v) is 2.61. The van der Waals surface area contributed by atoms with E-state index in [1.807, 2.05) is 0 Å². The number of carbonyl (C=O) groups excluding carboxylic acids is 1. The zero-order chi connectivity index (χ0) is 13.0. The molecule has 98 valence electrons. The van der Waals surface area contributed by atoms with E-state index in [0.29, 0.717) is 10.0 Å². The molecular formula is C14H17BrFNO. The third-order valence-electron chi connectivity index (χ3n) is 3.33. The first-order valence-corrected chi connectivity index (χ1v) is 7.16. The minimum absolute atomic E-state index is 0.0955. The van der Waals surface area contributed by atoms with E-state index in [2.05, 4.69) is 21.2 Å². The summed E-state index contributed by atoms with van der Waals surface area (Å²) >= 11 is 3.21. The molecule has 1 atom stereocenters. The molecule has 0 aliphatic carbocycles. The number of hydrogen-bond donors (Lipinski definition) is 1. The third-order valence-corrected chi connectivity index (χ3v) is 3.82. The summed E-state index contributed by atoms with van der Waals surface area (Å²) < 4.78 is 14.4. The van der Waals surface area contributed by atoms with E-state index in [-0.39, 0.29) is 24.1 Å². The molecule has 1 fully saturated rings. The van der Waals surface area contributed by atoms with Gasteiger partial charge in [0.2, 0.25) is 0 Å². The summed E-state index contributed by atoms with van der Waals surface area (Å²) in [5.41, 5.74) is 0.481. The standard InChI is InChI=1S/C14H17BrFNO/c15-11-6-5-10(12(16)9-11)8-14(18)13-4-2-1-3-7-17-13/h5-6,9,13,17H,1-4,7-8H2. The quantitative estimate of drug-likeness (QED) is 0.928. The first kappa shape index (κ1) is 13.7. The van der Waals surface area contributed by atoms with Crippen LogP contribution in [0.25, 0.3) is 0 Å². The van der Waals surface area contributed by atoms with Crippen molar-refractivity contribution >= 4 is 21.7 Å². The first-order chi connectivity index (χ1) is 8.66. The Morgan fingerprint density at radius 2 is 2.22 bits per heavy atom. The molecule has 18 heavy (non-hydrogen) atoms. The van der Waals surface area contributed by atoms with Crippen LogP contribution in [0.1, 0.15) is 31.2 Å². The molecule has 1 aliphatic heterocycles. The molecule has 1 unspecified atom stereocenters. The zero-order valence-electron chi connectivity index (χ0n) is 10.2. The number of nitrogens with one attached hydrogen (secondary N) is 1. The minimum Gasteiger partial charge on any atom is -0.307 e. The summed E-state index contributed by atoms with van der Waals surface area (Å²) in [6, 6.07) is 4.75. The van der Waals surface area contributed by atoms with Crippen LogP contribution >= 0.6 is 15.9 Å². The van der Waals surface area contributed by atoms with Crippen LogP contribution in [0.5, 0.6) is 0 Å². The Labute approximate surface area is 115 Å². The Hall–Kier alpha value is -0.740. The van der Waals surface area contributed by atoms with Crippen LogP contribution in [0.15, 0.2) is 22.7 Å². The largest absolute Gasteiger partial charge is 0.307 e. The predicted molar refractivity (Wildman–Crippen MR) is 73.1 cm³/mol. The van der Waals surface area contributed by atoms with Crippen LogP contribution in [-0.2, 0) is 11.2 Å². The third kappa shape index (κ3) is 3.62. The molecule has 0 radical (unpaired) electrons. The molecule has 0 aromatic heterocycles. The number of benzene rings is 1. The normalized spacial score (nSPS) is 20.4. The zero-order valence-corrected chi connectivity index (χ0v) is 11.8. The van der Waals surface area contributed by atoms with Gasteiger partial charge in [-0.3, -0.25) is 4.79 Å². The number of Topliss-reactive ketones (excluding diaryl/α,β-unsaturated/α-hetero) is 1. The van der Waals surface area contributed by atoms with Crippen molar-refractivity contribution in [3.63, 3.8) is 0 Å². The van der Waals surface area contributed by atoms with E-state index in [1.54, 1.807) is 12.1 Å². The van der Waals surface area contributed by atoms with Crippen molar-refractivity contribution in [2.75, 3.05) is 6.54 Å². The second-order valence-electron chi connectivity index (χ2n) is 4.73. The van der Waals surface area contributed by atoms with E-state index in [4.69, 9.17) is 0 Å². The summed E-state index contributed by atoms with van der Waals surface area (Å²) in [6.07, 6.45) is 4.42. The van der Waals surface area contributed by atoms with E-state index in [9.17, 15) is 9.18 Å². The summed E-state index contributed by atoms with van der Waals surface area (Å²) in [6.45, 7) is 0.888. The molecule has 1 aromatic carbocycles. The van der Waals surface area contributed by atoms with Crippen molar-refractivity contribution in [3.8, 4) is 0 Å². The van der Waals surface area contributed by atoms with Crippen molar-refractivity contribution < 1.29 is 9.18 Å². The number of ketones is 1. The molecule has 0 bridgehead atoms. The van der Waals surface area contributed by atoms with Crippen LogP contribution < -0.4 is 5.32 Å². The predicted octanol–water partition coefficient (Wildman–Crippen LogP) is 3.23. The van der Waals surface area contributed by atoms with Gasteiger partial charge in [-0.25, -0.2) is 4.39 Å². The second-order valence-corrected chi connectivity index (χ2v) is 5.65. The van der Waals surface area contributed by atoms with Gasteiger partial charge in [-0.15, -0.1) is 0 Å². The highest BCUT2D eigenvalue weighted by atomic mass is 79.9. The van der Waals surface area contributed by atoms with E-state index < -0.39 is 0 Å². The Morgan fingerprint density at radius 3 is 3.00 bits per heavy atom. The van der Waals surface area contributed by atoms with Gasteiger partial charge in [-0.05, 0) is 37.1 Å². The molecular weight excluding hydrogens is 297 g/mol. The molecule has 1 aromatic rings. The lowest BCUT2D eigenvalue weighted by Gasteiger charge is -2.14. The Bertz CT molecular complexity index is 428. The number of hydrogen-bond acceptors (Lipinski definition) is 2. The number of halogens is 2. The summed E-state index contributed by atoms with van der Waals surface area (Å²) in [5, 5.41) is 3.25. The van der Waals surface area contributed by atoms with E-state index in [0.717, 1.165) is 25.8 Å². The van der Waals surface area contributed by atoms with Crippen LogP contribution in [0.3, 0.4) is 0 Å². The van der Waals surface area contributed by atoms with Gasteiger partial charge in [-0.2, -0.15) is 0 Å². The van der Waals surface area contributed by atoms with Gasteiger partial charge in [0.1, 0.15) is 5.82 Å². The van der Waals surface area contributed by atoms with Crippen LogP contribution in [-0.4, -0.2) is 18.4 Å². The van der Waals surface area contributed by atoms with Crippen molar-refractivity contribution in [2.24, 2.45) is 0 Å². The van der Waals surface area contributed by atoms with Crippen molar-refractivity contribution in [3.05, 3.63) is 34.1 Å². The van der Waals surface area contributed by atoms with Gasteiger partial charge in [0.25, 0.3) is 0 Å². The molecule has 1 aliphatic rings. The average molecular weight is 314 g/mol. The first-order valence-electron chi connectivity index (χ1n) is 6.37. The highest BCUT2D eigenvalue weighted by Crippen LogP contribution is 2.17. The topological polar surface area (TPSA) is 29.1 Å². The van der Waals surface area contributed by atoms with Gasteiger partial charge in [-0.1, -0.05) is 34.8 Å². The lowest BCUT2D eigenvalue weighted by atomic mass is 10.00. The molecule has 1 heterocycles. The van der Waals surface area contributed by atoms with Crippen molar-refractivity contribution in [1.82, 2.24) is 5.32 Å². The van der Waals surface area contributed by atoms with E-state index >= 15 is 0 Å². The molecule has 2 rings (SSSR count). The highest BCUT2D eigenvalue weighted by molar-refractivity contribution is 9.10. The Balaban J connectivity index is 2.01. The van der Waals surface area contributed by atoms with Crippen molar-refractivity contribution in [1.29, 1.82) is 0 Å². The molecule has 0 spiro atoms. The SMILES string of the molecule is O=C(Cc1ccc(Br)cc1F)C1CCCCCN1. The smallest absolute Gasteiger partial charge is 0.154 e. The van der Waals surface area contributed by atoms with Gasteiger partial charge < -0.3 is 5.32 Å². The maximum atomic E-state index is 13.7. The maximum Gasteiger partial charge on any atom is 0.154 e. The molecule has 0 amide bonds. The monoisotopic (exact) mass is 313 g/mol. The van der Waals surface area contributed by atoms with E-state index in [1.165, 1.54) is 12.5 Å². The molecule has 0 saturated carbocycles. The van der Waals surface area contributed by atoms with Gasteiger partial charge in [0, 0.05) is 10.9 Å². The Morgan fingerprint density at radius 1 is 1.39 bits per heavy atom. The van der Waals surface area contributed by atoms with Gasteiger partial charge >= 0.3 is 0 Å². The molecule has 2 nitrogen and oxygen atoms in total. The summed E-state index contributed by atoms with van der Waals surface area (Å²) in [7, 11) is 0. The van der Waals surface area contributed by atoms with Crippen LogP contribution in [0.2, 0.25) is 0 Å². The Kier molecular flexibility index (Phi) is 4.89. The fraction of sp³-hybridized carbons (Fsp3) is 0.500. The number of rotatable bonds is 3. The maximum absolute atomic E-state index is 13.7. The molecule has 4 heteroatoms. The van der Waals surface area contributed by atoms with Crippen LogP contribution in [0.4, 0.5) is 4.39 Å². The van der Waals surface area contributed by atoms with Gasteiger partial charge in [0.05, 0.1) is 6.04 Å². The van der Waals surface area contributed by atoms with Crippen molar-refractivity contribution in [2.45, 2.75) is 38.1 Å².